The SMILES string of the molecule is CCCC(=O)NCCc1nc2ccccc2n1CC(=O)N(CC(C)C)CC(C)C. The van der Waals surface area contributed by atoms with Crippen LogP contribution in [0.1, 0.15) is 53.3 Å². The zero-order valence-corrected chi connectivity index (χ0v) is 18.6. The molecule has 0 saturated heterocycles. The Hall–Kier alpha value is -2.37. The van der Waals surface area contributed by atoms with E-state index in [1.54, 1.807) is 0 Å². The molecule has 0 atom stereocenters. The highest BCUT2D eigenvalue weighted by molar-refractivity contribution is 5.81. The molecule has 1 aromatic carbocycles. The van der Waals surface area contributed by atoms with Crippen molar-refractivity contribution < 1.29 is 9.59 Å². The molecule has 2 amide bonds. The van der Waals surface area contributed by atoms with Gasteiger partial charge >= 0.3 is 0 Å². The second-order valence-corrected chi connectivity index (χ2v) is 8.54. The highest BCUT2D eigenvalue weighted by Gasteiger charge is 2.20. The number of hydrogen-bond acceptors (Lipinski definition) is 3. The summed E-state index contributed by atoms with van der Waals surface area (Å²) in [6.07, 6.45) is 1.97. The molecular formula is C23H36N4O2. The van der Waals surface area contributed by atoms with E-state index in [1.165, 1.54) is 0 Å². The monoisotopic (exact) mass is 400 g/mol. The van der Waals surface area contributed by atoms with Crippen LogP contribution in [0.5, 0.6) is 0 Å². The van der Waals surface area contributed by atoms with Gasteiger partial charge in [0.05, 0.1) is 11.0 Å². The van der Waals surface area contributed by atoms with E-state index in [4.69, 9.17) is 4.98 Å². The Kier molecular flexibility index (Phi) is 8.68. The van der Waals surface area contributed by atoms with Crippen molar-refractivity contribution in [3.05, 3.63) is 30.1 Å². The molecule has 0 bridgehead atoms. The molecule has 0 spiro atoms. The number of aromatic nitrogens is 2. The third-order valence-corrected chi connectivity index (χ3v) is 4.70. The van der Waals surface area contributed by atoms with Gasteiger partial charge in [-0.3, -0.25) is 9.59 Å². The maximum Gasteiger partial charge on any atom is 0.242 e. The average Bonchev–Trinajstić information content (AvgIpc) is 2.98. The van der Waals surface area contributed by atoms with E-state index in [2.05, 4.69) is 33.0 Å². The summed E-state index contributed by atoms with van der Waals surface area (Å²) in [5.74, 6) is 1.86. The maximum atomic E-state index is 13.2. The number of para-hydroxylation sites is 2. The van der Waals surface area contributed by atoms with Crippen LogP contribution in [0.15, 0.2) is 24.3 Å². The largest absolute Gasteiger partial charge is 0.356 e. The molecule has 160 valence electrons. The van der Waals surface area contributed by atoms with Crippen molar-refractivity contribution >= 4 is 22.8 Å². The van der Waals surface area contributed by atoms with E-state index >= 15 is 0 Å². The third kappa shape index (κ3) is 6.87. The molecular weight excluding hydrogens is 364 g/mol. The molecule has 1 N–H and O–H groups in total. The fourth-order valence-corrected chi connectivity index (χ4v) is 3.52. The van der Waals surface area contributed by atoms with Crippen molar-refractivity contribution in [3.8, 4) is 0 Å². The minimum Gasteiger partial charge on any atom is -0.356 e. The smallest absolute Gasteiger partial charge is 0.242 e. The summed E-state index contributed by atoms with van der Waals surface area (Å²) in [5, 5.41) is 2.94. The van der Waals surface area contributed by atoms with Gasteiger partial charge < -0.3 is 14.8 Å². The molecule has 1 heterocycles. The summed E-state index contributed by atoms with van der Waals surface area (Å²) in [6.45, 7) is 12.9. The number of imidazole rings is 1. The minimum absolute atomic E-state index is 0.0614. The van der Waals surface area contributed by atoms with Crippen molar-refractivity contribution in [2.24, 2.45) is 11.8 Å². The van der Waals surface area contributed by atoms with Gasteiger partial charge in [-0.1, -0.05) is 46.8 Å². The van der Waals surface area contributed by atoms with Crippen LogP contribution in [0, 0.1) is 11.8 Å². The lowest BCUT2D eigenvalue weighted by molar-refractivity contribution is -0.133. The van der Waals surface area contributed by atoms with E-state index in [0.717, 1.165) is 36.4 Å². The molecule has 29 heavy (non-hydrogen) atoms. The lowest BCUT2D eigenvalue weighted by atomic mass is 10.1. The topological polar surface area (TPSA) is 67.2 Å². The number of hydrogen-bond donors (Lipinski definition) is 1. The van der Waals surface area contributed by atoms with Crippen molar-refractivity contribution in [2.45, 2.75) is 60.4 Å². The number of carbonyl (C=O) groups excluding carboxylic acids is 2. The van der Waals surface area contributed by atoms with E-state index in [9.17, 15) is 9.59 Å². The van der Waals surface area contributed by atoms with Gasteiger partial charge in [0.15, 0.2) is 0 Å². The Morgan fingerprint density at radius 2 is 1.76 bits per heavy atom. The van der Waals surface area contributed by atoms with Crippen LogP contribution >= 0.6 is 0 Å². The Bertz CT molecular complexity index is 800. The van der Waals surface area contributed by atoms with Gasteiger partial charge in [-0.05, 0) is 30.4 Å². The summed E-state index contributed by atoms with van der Waals surface area (Å²) in [6, 6.07) is 7.90. The highest BCUT2D eigenvalue weighted by Crippen LogP contribution is 2.17. The first-order valence-corrected chi connectivity index (χ1v) is 10.8. The highest BCUT2D eigenvalue weighted by atomic mass is 16.2. The Morgan fingerprint density at radius 3 is 2.38 bits per heavy atom. The zero-order valence-electron chi connectivity index (χ0n) is 18.6. The average molecular weight is 401 g/mol. The van der Waals surface area contributed by atoms with Crippen molar-refractivity contribution in [1.29, 1.82) is 0 Å². The molecule has 0 fully saturated rings. The summed E-state index contributed by atoms with van der Waals surface area (Å²) in [4.78, 5) is 31.6. The number of rotatable bonds is 11. The first-order chi connectivity index (χ1) is 13.8. The number of carbonyl (C=O) groups is 2. The Morgan fingerprint density at radius 1 is 1.10 bits per heavy atom. The van der Waals surface area contributed by atoms with E-state index in [0.29, 0.717) is 31.2 Å². The second-order valence-electron chi connectivity index (χ2n) is 8.54. The molecule has 0 aliphatic carbocycles. The molecule has 2 rings (SSSR count). The molecule has 6 heteroatoms. The Balaban J connectivity index is 2.20. The molecule has 0 saturated carbocycles. The number of nitrogens with one attached hydrogen (secondary N) is 1. The lowest BCUT2D eigenvalue weighted by Gasteiger charge is -2.27. The van der Waals surface area contributed by atoms with Crippen molar-refractivity contribution in [1.82, 2.24) is 19.8 Å². The van der Waals surface area contributed by atoms with Crippen LogP contribution < -0.4 is 5.32 Å². The van der Waals surface area contributed by atoms with Crippen LogP contribution in [-0.4, -0.2) is 45.9 Å². The van der Waals surface area contributed by atoms with Gasteiger partial charge in [-0.25, -0.2) is 4.98 Å². The maximum absolute atomic E-state index is 13.2. The van der Waals surface area contributed by atoms with E-state index < -0.39 is 0 Å². The molecule has 6 nitrogen and oxygen atoms in total. The van der Waals surface area contributed by atoms with Crippen LogP contribution in [-0.2, 0) is 22.6 Å². The minimum atomic E-state index is 0.0614. The lowest BCUT2D eigenvalue weighted by Crippen LogP contribution is -2.39. The van der Waals surface area contributed by atoms with E-state index in [-0.39, 0.29) is 18.4 Å². The Labute approximate surface area is 174 Å². The first-order valence-electron chi connectivity index (χ1n) is 10.8. The number of amides is 2. The van der Waals surface area contributed by atoms with Gasteiger partial charge in [-0.2, -0.15) is 0 Å². The normalized spacial score (nSPS) is 11.4. The van der Waals surface area contributed by atoms with Crippen LogP contribution in [0.2, 0.25) is 0 Å². The van der Waals surface area contributed by atoms with Crippen LogP contribution in [0.25, 0.3) is 11.0 Å². The predicted octanol–water partition coefficient (Wildman–Crippen LogP) is 3.64. The summed E-state index contributed by atoms with van der Waals surface area (Å²) in [5.41, 5.74) is 1.85. The number of fused-ring (bicyclic) bond motifs is 1. The van der Waals surface area contributed by atoms with Gasteiger partial charge in [0.25, 0.3) is 0 Å². The quantitative estimate of drug-likeness (QED) is 0.626. The third-order valence-electron chi connectivity index (χ3n) is 4.70. The summed E-state index contributed by atoms with van der Waals surface area (Å²) >= 11 is 0. The van der Waals surface area contributed by atoms with Gasteiger partial charge in [0, 0.05) is 32.5 Å². The second kappa shape index (κ2) is 11.0. The van der Waals surface area contributed by atoms with Crippen molar-refractivity contribution in [2.75, 3.05) is 19.6 Å². The molecule has 0 aliphatic rings. The van der Waals surface area contributed by atoms with Crippen LogP contribution in [0.3, 0.4) is 0 Å². The first kappa shape index (κ1) is 22.9. The molecule has 0 aliphatic heterocycles. The molecule has 1 aromatic heterocycles. The van der Waals surface area contributed by atoms with Gasteiger partial charge in [0.2, 0.25) is 11.8 Å². The predicted molar refractivity (Wildman–Crippen MR) is 118 cm³/mol. The van der Waals surface area contributed by atoms with Crippen molar-refractivity contribution in [3.63, 3.8) is 0 Å². The molecule has 2 aromatic rings. The molecule has 0 unspecified atom stereocenters. The number of benzene rings is 1. The van der Waals surface area contributed by atoms with Gasteiger partial charge in [-0.15, -0.1) is 0 Å². The summed E-state index contributed by atoms with van der Waals surface area (Å²) in [7, 11) is 0. The standard InChI is InChI=1S/C23H36N4O2/c1-6-9-22(28)24-13-12-21-25-19-10-7-8-11-20(19)27(21)16-23(29)26(14-17(2)3)15-18(4)5/h7-8,10-11,17-18H,6,9,12-16H2,1-5H3,(H,24,28). The fourth-order valence-electron chi connectivity index (χ4n) is 3.52. The van der Waals surface area contributed by atoms with Crippen LogP contribution in [0.4, 0.5) is 0 Å². The molecule has 0 radical (unpaired) electrons. The zero-order chi connectivity index (χ0) is 21.4. The van der Waals surface area contributed by atoms with Gasteiger partial charge in [0.1, 0.15) is 12.4 Å². The van der Waals surface area contributed by atoms with E-state index in [1.807, 2.05) is 40.7 Å². The number of nitrogens with zero attached hydrogens (tertiary/aromatic N) is 3. The fraction of sp³-hybridized carbons (Fsp3) is 0.609. The summed E-state index contributed by atoms with van der Waals surface area (Å²) < 4.78 is 2.01.